The van der Waals surface area contributed by atoms with Gasteiger partial charge in [-0.15, -0.1) is 0 Å². The van der Waals surface area contributed by atoms with E-state index in [1.165, 1.54) is 0 Å². The quantitative estimate of drug-likeness (QED) is 0.575. The molecule has 0 bridgehead atoms. The van der Waals surface area contributed by atoms with E-state index >= 15 is 0 Å². The van der Waals surface area contributed by atoms with Gasteiger partial charge in [-0.05, 0) is 30.9 Å². The number of carbonyl (C=O) groups excluding carboxylic acids is 1. The molecule has 3 aromatic rings. The molecule has 1 unspecified atom stereocenters. The smallest absolute Gasteiger partial charge is 0.222 e. The van der Waals surface area contributed by atoms with E-state index in [9.17, 15) is 4.79 Å². The Kier molecular flexibility index (Phi) is 6.72. The van der Waals surface area contributed by atoms with Crippen molar-refractivity contribution in [2.45, 2.75) is 52.9 Å². The third-order valence-electron chi connectivity index (χ3n) is 6.21. The van der Waals surface area contributed by atoms with Crippen molar-refractivity contribution in [3.63, 3.8) is 0 Å². The van der Waals surface area contributed by atoms with Gasteiger partial charge in [-0.25, -0.2) is 14.6 Å². The Labute approximate surface area is 190 Å². The molecule has 7 heteroatoms. The predicted molar refractivity (Wildman–Crippen MR) is 128 cm³/mol. The van der Waals surface area contributed by atoms with Crippen LogP contribution in [0.25, 0.3) is 16.7 Å². The van der Waals surface area contributed by atoms with E-state index in [1.807, 2.05) is 46.1 Å². The third kappa shape index (κ3) is 4.61. The van der Waals surface area contributed by atoms with E-state index in [2.05, 4.69) is 37.7 Å². The lowest BCUT2D eigenvalue weighted by atomic mass is 10.1. The third-order valence-corrected chi connectivity index (χ3v) is 6.21. The normalized spacial score (nSPS) is 15.9. The van der Waals surface area contributed by atoms with Gasteiger partial charge in [-0.3, -0.25) is 4.79 Å². The van der Waals surface area contributed by atoms with E-state index in [1.54, 1.807) is 0 Å². The number of fused-ring (bicyclic) bond motifs is 1. The monoisotopic (exact) mass is 434 g/mol. The highest BCUT2D eigenvalue weighted by molar-refractivity contribution is 5.88. The summed E-state index contributed by atoms with van der Waals surface area (Å²) in [7, 11) is 0. The Hall–Kier alpha value is -2.96. The number of benzene rings is 1. The van der Waals surface area contributed by atoms with Crippen molar-refractivity contribution in [3.05, 3.63) is 42.4 Å². The van der Waals surface area contributed by atoms with Crippen LogP contribution in [0, 0.1) is 5.92 Å². The summed E-state index contributed by atoms with van der Waals surface area (Å²) in [4.78, 5) is 26.9. The number of carbonyl (C=O) groups is 1. The van der Waals surface area contributed by atoms with Gasteiger partial charge in [0.1, 0.15) is 11.6 Å². The molecule has 1 atom stereocenters. The van der Waals surface area contributed by atoms with Crippen molar-refractivity contribution in [1.29, 1.82) is 0 Å². The number of rotatable bonds is 6. The minimum atomic E-state index is 0.256. The van der Waals surface area contributed by atoms with Crippen LogP contribution in [0.5, 0.6) is 0 Å². The number of hydrogen-bond donors (Lipinski definition) is 0. The Bertz CT molecular complexity index is 1060. The van der Waals surface area contributed by atoms with Crippen LogP contribution in [0.1, 0.15) is 58.7 Å². The zero-order valence-electron chi connectivity index (χ0n) is 19.7. The zero-order chi connectivity index (χ0) is 22.7. The average Bonchev–Trinajstić information content (AvgIpc) is 3.06. The van der Waals surface area contributed by atoms with Gasteiger partial charge in [0, 0.05) is 38.5 Å². The Balaban J connectivity index is 1.70. The molecule has 3 heterocycles. The number of nitrogens with zero attached hydrogens (tertiary/aromatic N) is 6. The fourth-order valence-electron chi connectivity index (χ4n) is 4.17. The van der Waals surface area contributed by atoms with Gasteiger partial charge in [0.25, 0.3) is 0 Å². The molecule has 1 saturated heterocycles. The molecule has 4 rings (SSSR count). The number of aromatic nitrogens is 4. The summed E-state index contributed by atoms with van der Waals surface area (Å²) in [5.41, 5.74) is 1.83. The molecule has 0 N–H and O–H groups in total. The van der Waals surface area contributed by atoms with Gasteiger partial charge >= 0.3 is 0 Å². The van der Waals surface area contributed by atoms with Crippen LogP contribution in [-0.4, -0.2) is 56.7 Å². The van der Waals surface area contributed by atoms with Gasteiger partial charge in [-0.1, -0.05) is 45.9 Å². The van der Waals surface area contributed by atoms with Crippen LogP contribution >= 0.6 is 0 Å². The summed E-state index contributed by atoms with van der Waals surface area (Å²) in [6.07, 6.45) is 4.40. The van der Waals surface area contributed by atoms with Gasteiger partial charge in [0.15, 0.2) is 5.65 Å². The average molecular weight is 435 g/mol. The van der Waals surface area contributed by atoms with Gasteiger partial charge < -0.3 is 9.80 Å². The molecule has 1 aliphatic rings. The highest BCUT2D eigenvalue weighted by Gasteiger charge is 2.24. The Morgan fingerprint density at radius 1 is 1.03 bits per heavy atom. The van der Waals surface area contributed by atoms with Crippen molar-refractivity contribution in [2.24, 2.45) is 5.92 Å². The van der Waals surface area contributed by atoms with Crippen LogP contribution < -0.4 is 4.90 Å². The number of amides is 1. The molecule has 2 aromatic heterocycles. The molecular formula is C25H34N6O. The second-order valence-corrected chi connectivity index (χ2v) is 9.16. The van der Waals surface area contributed by atoms with Crippen molar-refractivity contribution in [2.75, 3.05) is 31.1 Å². The molecule has 1 aromatic carbocycles. The first-order valence-electron chi connectivity index (χ1n) is 11.8. The van der Waals surface area contributed by atoms with Gasteiger partial charge in [0.2, 0.25) is 5.91 Å². The fourth-order valence-corrected chi connectivity index (χ4v) is 4.17. The van der Waals surface area contributed by atoms with E-state index in [4.69, 9.17) is 9.97 Å². The SMILES string of the molecule is CCC(C)c1nc(N2CCCN(C(=O)CC(C)C)CC2)c2cnn(-c3ccccc3)c2n1. The zero-order valence-corrected chi connectivity index (χ0v) is 19.7. The molecule has 0 radical (unpaired) electrons. The van der Waals surface area contributed by atoms with Crippen molar-refractivity contribution in [3.8, 4) is 5.69 Å². The lowest BCUT2D eigenvalue weighted by molar-refractivity contribution is -0.131. The van der Waals surface area contributed by atoms with Crippen LogP contribution in [-0.2, 0) is 4.79 Å². The summed E-state index contributed by atoms with van der Waals surface area (Å²) in [6, 6.07) is 10.1. The molecule has 1 aliphatic heterocycles. The number of para-hydroxylation sites is 1. The first-order chi connectivity index (χ1) is 15.5. The van der Waals surface area contributed by atoms with Crippen molar-refractivity contribution in [1.82, 2.24) is 24.6 Å². The molecule has 1 amide bonds. The minimum Gasteiger partial charge on any atom is -0.354 e. The van der Waals surface area contributed by atoms with Gasteiger partial charge in [-0.2, -0.15) is 5.10 Å². The van der Waals surface area contributed by atoms with E-state index in [0.717, 1.165) is 67.4 Å². The Morgan fingerprint density at radius 2 is 1.81 bits per heavy atom. The highest BCUT2D eigenvalue weighted by Crippen LogP contribution is 2.29. The molecule has 1 fully saturated rings. The topological polar surface area (TPSA) is 67.2 Å². The molecular weight excluding hydrogens is 400 g/mol. The maximum atomic E-state index is 12.6. The molecule has 170 valence electrons. The first-order valence-corrected chi connectivity index (χ1v) is 11.8. The second kappa shape index (κ2) is 9.67. The molecule has 32 heavy (non-hydrogen) atoms. The Morgan fingerprint density at radius 3 is 2.53 bits per heavy atom. The number of anilines is 1. The summed E-state index contributed by atoms with van der Waals surface area (Å²) in [5, 5.41) is 5.63. The van der Waals surface area contributed by atoms with E-state index < -0.39 is 0 Å². The van der Waals surface area contributed by atoms with Crippen LogP contribution in [0.3, 0.4) is 0 Å². The standard InChI is InChI=1S/C25H34N6O/c1-5-19(4)23-27-24(30-13-9-12-29(14-15-30)22(32)16-18(2)3)21-17-26-31(25(21)28-23)20-10-7-6-8-11-20/h6-8,10-11,17-19H,5,9,12-16H2,1-4H3. The highest BCUT2D eigenvalue weighted by atomic mass is 16.2. The number of hydrogen-bond acceptors (Lipinski definition) is 5. The van der Waals surface area contributed by atoms with E-state index in [-0.39, 0.29) is 11.8 Å². The van der Waals surface area contributed by atoms with Crippen LogP contribution in [0.15, 0.2) is 36.5 Å². The first kappa shape index (κ1) is 22.2. The maximum Gasteiger partial charge on any atom is 0.222 e. The van der Waals surface area contributed by atoms with Gasteiger partial charge in [0.05, 0.1) is 17.3 Å². The van der Waals surface area contributed by atoms with Crippen LogP contribution in [0.4, 0.5) is 5.82 Å². The summed E-state index contributed by atoms with van der Waals surface area (Å²) in [5.74, 6) is 2.68. The summed E-state index contributed by atoms with van der Waals surface area (Å²) >= 11 is 0. The minimum absolute atomic E-state index is 0.256. The lowest BCUT2D eigenvalue weighted by Crippen LogP contribution is -2.36. The fraction of sp³-hybridized carbons (Fsp3) is 0.520. The molecule has 7 nitrogen and oxygen atoms in total. The molecule has 0 spiro atoms. The molecule has 0 aliphatic carbocycles. The van der Waals surface area contributed by atoms with Crippen LogP contribution in [0.2, 0.25) is 0 Å². The maximum absolute atomic E-state index is 12.6. The largest absolute Gasteiger partial charge is 0.354 e. The molecule has 0 saturated carbocycles. The summed E-state index contributed by atoms with van der Waals surface area (Å²) < 4.78 is 1.91. The summed E-state index contributed by atoms with van der Waals surface area (Å²) in [6.45, 7) is 11.7. The van der Waals surface area contributed by atoms with Crippen molar-refractivity contribution >= 4 is 22.8 Å². The van der Waals surface area contributed by atoms with E-state index in [0.29, 0.717) is 12.3 Å². The van der Waals surface area contributed by atoms with Crippen molar-refractivity contribution < 1.29 is 4.79 Å². The lowest BCUT2D eigenvalue weighted by Gasteiger charge is -2.24. The second-order valence-electron chi connectivity index (χ2n) is 9.16. The predicted octanol–water partition coefficient (Wildman–Crippen LogP) is 4.41.